The van der Waals surface area contributed by atoms with Gasteiger partial charge in [-0.3, -0.25) is 28.8 Å². The number of carboxylic acids is 1. The fourth-order valence-electron chi connectivity index (χ4n) is 3.28. The van der Waals surface area contributed by atoms with E-state index >= 15 is 0 Å². The zero-order valence-electron chi connectivity index (χ0n) is 20.1. The van der Waals surface area contributed by atoms with Crippen LogP contribution in [0.15, 0.2) is 0 Å². The number of carbonyl (C=O) groups is 6. The molecular weight excluding hydrogens is 472 g/mol. The van der Waals surface area contributed by atoms with Gasteiger partial charge in [-0.05, 0) is 12.8 Å². The van der Waals surface area contributed by atoms with Crippen molar-refractivity contribution in [1.82, 2.24) is 10.6 Å². The van der Waals surface area contributed by atoms with Crippen molar-refractivity contribution in [3.05, 3.63) is 0 Å². The van der Waals surface area contributed by atoms with Crippen LogP contribution >= 0.6 is 0 Å². The summed E-state index contributed by atoms with van der Waals surface area (Å²) in [5.74, 6) is -4.15. The molecule has 35 heavy (non-hydrogen) atoms. The van der Waals surface area contributed by atoms with Crippen LogP contribution in [0.25, 0.3) is 0 Å². The molecule has 5 atom stereocenters. The van der Waals surface area contributed by atoms with Crippen molar-refractivity contribution in [2.75, 3.05) is 19.8 Å². The molecule has 3 unspecified atom stereocenters. The van der Waals surface area contributed by atoms with E-state index < -0.39 is 72.9 Å². The summed E-state index contributed by atoms with van der Waals surface area (Å²) in [5.41, 5.74) is 0. The minimum Gasteiger partial charge on any atom is -0.480 e. The van der Waals surface area contributed by atoms with E-state index in [0.29, 0.717) is 12.8 Å². The molecule has 3 N–H and O–H groups in total. The Morgan fingerprint density at radius 3 is 2.06 bits per heavy atom. The van der Waals surface area contributed by atoms with E-state index in [1.54, 1.807) is 0 Å². The van der Waals surface area contributed by atoms with E-state index in [1.165, 1.54) is 13.8 Å². The summed E-state index contributed by atoms with van der Waals surface area (Å²) in [6.45, 7) is 3.90. The molecule has 14 nitrogen and oxygen atoms in total. The van der Waals surface area contributed by atoms with Crippen LogP contribution in [0.4, 0.5) is 0 Å². The number of esters is 3. The van der Waals surface area contributed by atoms with Gasteiger partial charge in [-0.1, -0.05) is 0 Å². The van der Waals surface area contributed by atoms with Crippen LogP contribution in [0.5, 0.6) is 0 Å². The maximum Gasteiger partial charge on any atom is 0.322 e. The number of amides is 2. The Kier molecular flexibility index (Phi) is 12.7. The highest BCUT2D eigenvalue weighted by atomic mass is 16.7. The fraction of sp³-hybridized carbons (Fsp3) is 0.714. The summed E-state index contributed by atoms with van der Waals surface area (Å²) in [6.07, 6.45) is -3.90. The van der Waals surface area contributed by atoms with Crippen molar-refractivity contribution in [1.29, 1.82) is 0 Å². The molecule has 0 saturated carbocycles. The number of carbonyl (C=O) groups excluding carboxylic acids is 5. The van der Waals surface area contributed by atoms with Gasteiger partial charge >= 0.3 is 23.9 Å². The highest BCUT2D eigenvalue weighted by Gasteiger charge is 2.51. The first-order chi connectivity index (χ1) is 16.4. The van der Waals surface area contributed by atoms with Gasteiger partial charge in [0.05, 0.1) is 0 Å². The molecule has 0 aromatic rings. The summed E-state index contributed by atoms with van der Waals surface area (Å²) < 4.78 is 27.2. The molecule has 0 aromatic carbocycles. The van der Waals surface area contributed by atoms with Gasteiger partial charge in [0.25, 0.3) is 0 Å². The van der Waals surface area contributed by atoms with Crippen LogP contribution in [-0.2, 0) is 52.5 Å². The lowest BCUT2D eigenvalue weighted by atomic mass is 9.96. The minimum absolute atomic E-state index is 0.0538. The van der Waals surface area contributed by atoms with E-state index in [1.807, 2.05) is 0 Å². The number of aliphatic carboxylic acids is 1. The Morgan fingerprint density at radius 1 is 0.886 bits per heavy atom. The Morgan fingerprint density at radius 2 is 1.51 bits per heavy atom. The zero-order valence-corrected chi connectivity index (χ0v) is 20.1. The van der Waals surface area contributed by atoms with Crippen LogP contribution in [0.1, 0.15) is 47.0 Å². The predicted octanol–water partition coefficient (Wildman–Crippen LogP) is -0.970. The summed E-state index contributed by atoms with van der Waals surface area (Å²) in [5, 5.41) is 13.4. The van der Waals surface area contributed by atoms with E-state index in [9.17, 15) is 28.8 Å². The normalized spacial score (nSPS) is 23.5. The maximum atomic E-state index is 11.8. The summed E-state index contributed by atoms with van der Waals surface area (Å²) >= 11 is 0. The van der Waals surface area contributed by atoms with Gasteiger partial charge in [0.1, 0.15) is 25.3 Å². The van der Waals surface area contributed by atoms with Gasteiger partial charge in [-0.2, -0.15) is 0 Å². The average Bonchev–Trinajstić information content (AvgIpc) is 2.73. The number of unbranched alkanes of at least 4 members (excludes halogenated alkanes) is 1. The second-order valence-electron chi connectivity index (χ2n) is 7.72. The largest absolute Gasteiger partial charge is 0.480 e. The van der Waals surface area contributed by atoms with E-state index in [2.05, 4.69) is 10.6 Å². The third-order valence-electron chi connectivity index (χ3n) is 4.59. The van der Waals surface area contributed by atoms with Crippen LogP contribution in [-0.4, -0.2) is 91.2 Å². The molecule has 1 fully saturated rings. The Bertz CT molecular complexity index is 786. The standard InChI is InChI=1S/C21H32N2O12/c1-11(24)23-18-20(34-14(4)27)19(33-13(3)26)15(10-32-12(2)25)35-21(18)31-8-6-5-7-16(28)22-9-17(29)30/h15,18-21H,5-10H2,1-4H3,(H,22,28)(H,23,24)(H,29,30)/t15?,18?,19-,20?,21+/m0/s1. The molecule has 1 heterocycles. The first-order valence-electron chi connectivity index (χ1n) is 10.9. The first-order valence-corrected chi connectivity index (χ1v) is 10.9. The lowest BCUT2D eigenvalue weighted by Gasteiger charge is -2.44. The third kappa shape index (κ3) is 11.6. The molecule has 0 aromatic heterocycles. The molecule has 0 radical (unpaired) electrons. The minimum atomic E-state index is -1.22. The molecule has 0 aliphatic carbocycles. The molecule has 2 amide bonds. The summed E-state index contributed by atoms with van der Waals surface area (Å²) in [7, 11) is 0. The highest BCUT2D eigenvalue weighted by molar-refractivity contribution is 5.81. The molecule has 14 heteroatoms. The number of ether oxygens (including phenoxy) is 5. The van der Waals surface area contributed by atoms with Crippen LogP contribution < -0.4 is 10.6 Å². The topological polar surface area (TPSA) is 193 Å². The van der Waals surface area contributed by atoms with Crippen molar-refractivity contribution in [2.45, 2.75) is 77.6 Å². The second kappa shape index (κ2) is 14.9. The van der Waals surface area contributed by atoms with Crippen molar-refractivity contribution in [3.63, 3.8) is 0 Å². The van der Waals surface area contributed by atoms with Gasteiger partial charge in [0, 0.05) is 40.7 Å². The Balaban J connectivity index is 2.95. The van der Waals surface area contributed by atoms with Gasteiger partial charge in [-0.25, -0.2) is 0 Å². The van der Waals surface area contributed by atoms with Crippen molar-refractivity contribution >= 4 is 35.7 Å². The molecule has 1 saturated heterocycles. The lowest BCUT2D eigenvalue weighted by Crippen LogP contribution is -2.66. The lowest BCUT2D eigenvalue weighted by molar-refractivity contribution is -0.277. The van der Waals surface area contributed by atoms with Crippen LogP contribution in [0, 0.1) is 0 Å². The molecule has 1 aliphatic heterocycles. The number of hydrogen-bond acceptors (Lipinski definition) is 11. The number of hydrogen-bond donors (Lipinski definition) is 3. The van der Waals surface area contributed by atoms with Crippen molar-refractivity contribution < 1.29 is 57.6 Å². The van der Waals surface area contributed by atoms with Crippen LogP contribution in [0.2, 0.25) is 0 Å². The second-order valence-corrected chi connectivity index (χ2v) is 7.72. The molecule has 0 spiro atoms. The summed E-state index contributed by atoms with van der Waals surface area (Å²) in [6, 6.07) is -1.08. The van der Waals surface area contributed by atoms with Gasteiger partial charge in [0.15, 0.2) is 18.5 Å². The Labute approximate surface area is 201 Å². The summed E-state index contributed by atoms with van der Waals surface area (Å²) in [4.78, 5) is 68.8. The molecule has 198 valence electrons. The fourth-order valence-corrected chi connectivity index (χ4v) is 3.28. The number of nitrogens with one attached hydrogen (secondary N) is 2. The average molecular weight is 504 g/mol. The monoisotopic (exact) mass is 504 g/mol. The molecule has 0 bridgehead atoms. The van der Waals surface area contributed by atoms with Gasteiger partial charge in [-0.15, -0.1) is 0 Å². The number of rotatable bonds is 13. The van der Waals surface area contributed by atoms with Gasteiger partial charge in [0.2, 0.25) is 11.8 Å². The molecule has 1 rings (SSSR count). The van der Waals surface area contributed by atoms with Crippen LogP contribution in [0.3, 0.4) is 0 Å². The molecular formula is C21H32N2O12. The van der Waals surface area contributed by atoms with Crippen molar-refractivity contribution in [2.24, 2.45) is 0 Å². The maximum absolute atomic E-state index is 11.8. The smallest absolute Gasteiger partial charge is 0.322 e. The van der Waals surface area contributed by atoms with E-state index in [4.69, 9.17) is 28.8 Å². The first kappa shape index (κ1) is 29.8. The SMILES string of the molecule is CC(=O)NC1C(OC(C)=O)[C@@H](OC(C)=O)C(COC(C)=O)O[C@H]1OCCCCC(=O)NCC(=O)O. The quantitative estimate of drug-likeness (QED) is 0.158. The van der Waals surface area contributed by atoms with E-state index in [-0.39, 0.29) is 19.6 Å². The van der Waals surface area contributed by atoms with E-state index in [0.717, 1.165) is 13.8 Å². The third-order valence-corrected chi connectivity index (χ3v) is 4.59. The zero-order chi connectivity index (χ0) is 26.5. The number of carboxylic acid groups (broad SMARTS) is 1. The van der Waals surface area contributed by atoms with Gasteiger partial charge < -0.3 is 39.4 Å². The molecule has 1 aliphatic rings. The Hall–Kier alpha value is -3.26. The predicted molar refractivity (Wildman–Crippen MR) is 114 cm³/mol. The highest BCUT2D eigenvalue weighted by Crippen LogP contribution is 2.28. The van der Waals surface area contributed by atoms with Crippen molar-refractivity contribution in [3.8, 4) is 0 Å².